The van der Waals surface area contributed by atoms with E-state index in [9.17, 15) is 9.18 Å². The van der Waals surface area contributed by atoms with Crippen LogP contribution in [0.2, 0.25) is 0 Å². The van der Waals surface area contributed by atoms with Crippen LogP contribution in [0.1, 0.15) is 15.9 Å². The van der Waals surface area contributed by atoms with E-state index in [1.54, 1.807) is 30.1 Å². The topological polar surface area (TPSA) is 32.8 Å². The number of ether oxygens (including phenoxy) is 1. The summed E-state index contributed by atoms with van der Waals surface area (Å²) in [5.41, 5.74) is 2.27. The number of hydrogen-bond donors (Lipinski definition) is 0. The fraction of sp³-hybridized carbons (Fsp3) is 0.278. The lowest BCUT2D eigenvalue weighted by Crippen LogP contribution is -2.26. The van der Waals surface area contributed by atoms with Crippen molar-refractivity contribution in [1.29, 1.82) is 0 Å². The molecule has 2 aromatic carbocycles. The predicted molar refractivity (Wildman–Crippen MR) is 89.5 cm³/mol. The van der Waals surface area contributed by atoms with Gasteiger partial charge in [0.15, 0.2) is 11.6 Å². The van der Waals surface area contributed by atoms with Gasteiger partial charge in [-0.05, 0) is 35.9 Å². The smallest absolute Gasteiger partial charge is 0.253 e. The summed E-state index contributed by atoms with van der Waals surface area (Å²) in [6.07, 6.45) is 0. The molecule has 122 valence electrons. The van der Waals surface area contributed by atoms with E-state index in [1.807, 2.05) is 37.2 Å². The van der Waals surface area contributed by atoms with Gasteiger partial charge in [0.1, 0.15) is 0 Å². The monoisotopic (exact) mass is 316 g/mol. The van der Waals surface area contributed by atoms with Crippen LogP contribution in [0.4, 0.5) is 10.1 Å². The normalized spacial score (nSPS) is 10.3. The number of anilines is 1. The highest BCUT2D eigenvalue weighted by molar-refractivity contribution is 5.95. The average molecular weight is 316 g/mol. The van der Waals surface area contributed by atoms with Crippen LogP contribution in [0.15, 0.2) is 42.5 Å². The Morgan fingerprint density at radius 3 is 2.48 bits per heavy atom. The van der Waals surface area contributed by atoms with Crippen LogP contribution in [-0.2, 0) is 6.54 Å². The van der Waals surface area contributed by atoms with Gasteiger partial charge in [0.2, 0.25) is 0 Å². The number of amides is 1. The molecule has 0 fully saturated rings. The summed E-state index contributed by atoms with van der Waals surface area (Å²) in [5.74, 6) is -0.341. The first-order chi connectivity index (χ1) is 10.9. The zero-order valence-corrected chi connectivity index (χ0v) is 13.8. The van der Waals surface area contributed by atoms with Crippen molar-refractivity contribution < 1.29 is 13.9 Å². The van der Waals surface area contributed by atoms with Gasteiger partial charge in [-0.2, -0.15) is 0 Å². The molecular formula is C18H21FN2O2. The van der Waals surface area contributed by atoms with Crippen molar-refractivity contribution in [2.45, 2.75) is 6.54 Å². The first-order valence-electron chi connectivity index (χ1n) is 7.27. The minimum Gasteiger partial charge on any atom is -0.494 e. The van der Waals surface area contributed by atoms with E-state index in [0.29, 0.717) is 17.7 Å². The molecule has 2 aromatic rings. The van der Waals surface area contributed by atoms with Crippen LogP contribution in [0.5, 0.6) is 5.75 Å². The molecule has 0 aliphatic rings. The molecule has 0 aliphatic heterocycles. The molecule has 0 aliphatic carbocycles. The van der Waals surface area contributed by atoms with E-state index in [1.165, 1.54) is 13.2 Å². The van der Waals surface area contributed by atoms with Crippen LogP contribution in [0, 0.1) is 5.82 Å². The van der Waals surface area contributed by atoms with Crippen LogP contribution in [0.25, 0.3) is 0 Å². The lowest BCUT2D eigenvalue weighted by atomic mass is 10.1. The largest absolute Gasteiger partial charge is 0.494 e. The number of nitrogens with zero attached hydrogens (tertiary/aromatic N) is 2. The maximum atomic E-state index is 13.7. The molecule has 0 saturated heterocycles. The predicted octanol–water partition coefficient (Wildman–Crippen LogP) is 3.17. The van der Waals surface area contributed by atoms with E-state index >= 15 is 0 Å². The van der Waals surface area contributed by atoms with Crippen molar-refractivity contribution in [3.8, 4) is 5.75 Å². The summed E-state index contributed by atoms with van der Waals surface area (Å²) < 4.78 is 18.6. The summed E-state index contributed by atoms with van der Waals surface area (Å²) in [6, 6.07) is 12.1. The fourth-order valence-electron chi connectivity index (χ4n) is 2.29. The Kier molecular flexibility index (Phi) is 5.21. The van der Waals surface area contributed by atoms with Crippen LogP contribution in [-0.4, -0.2) is 39.1 Å². The molecule has 0 heterocycles. The lowest BCUT2D eigenvalue weighted by Gasteiger charge is -2.19. The molecular weight excluding hydrogens is 295 g/mol. The van der Waals surface area contributed by atoms with Gasteiger partial charge in [-0.3, -0.25) is 4.79 Å². The molecule has 4 nitrogen and oxygen atoms in total. The van der Waals surface area contributed by atoms with E-state index < -0.39 is 5.82 Å². The quantitative estimate of drug-likeness (QED) is 0.849. The van der Waals surface area contributed by atoms with Gasteiger partial charge in [0, 0.05) is 38.9 Å². The minimum absolute atomic E-state index is 0.107. The van der Waals surface area contributed by atoms with Crippen molar-refractivity contribution >= 4 is 11.6 Å². The number of carbonyl (C=O) groups is 1. The van der Waals surface area contributed by atoms with Gasteiger partial charge < -0.3 is 14.5 Å². The zero-order valence-electron chi connectivity index (χ0n) is 13.8. The molecule has 0 aromatic heterocycles. The van der Waals surface area contributed by atoms with E-state index in [2.05, 4.69) is 0 Å². The van der Waals surface area contributed by atoms with E-state index in [4.69, 9.17) is 4.74 Å². The molecule has 0 bridgehead atoms. The van der Waals surface area contributed by atoms with Gasteiger partial charge >= 0.3 is 0 Å². The van der Waals surface area contributed by atoms with Crippen molar-refractivity contribution in [2.24, 2.45) is 0 Å². The number of rotatable bonds is 5. The zero-order chi connectivity index (χ0) is 17.0. The molecule has 5 heteroatoms. The number of methoxy groups -OCH3 is 1. The second-order valence-corrected chi connectivity index (χ2v) is 5.57. The number of halogens is 1. The number of benzene rings is 2. The summed E-state index contributed by atoms with van der Waals surface area (Å²) in [5, 5.41) is 0. The maximum Gasteiger partial charge on any atom is 0.253 e. The highest BCUT2D eigenvalue weighted by Crippen LogP contribution is 2.20. The Morgan fingerprint density at radius 2 is 1.87 bits per heavy atom. The third-order valence-corrected chi connectivity index (χ3v) is 3.59. The van der Waals surface area contributed by atoms with Crippen molar-refractivity contribution in [1.82, 2.24) is 4.90 Å². The number of carbonyl (C=O) groups excluding carboxylic acids is 1. The van der Waals surface area contributed by atoms with Gasteiger partial charge in [-0.15, -0.1) is 0 Å². The standard InChI is InChI=1S/C18H21FN2O2/c1-20(2)15-7-5-6-14(11-15)18(22)21(3)12-13-8-9-17(23-4)16(19)10-13/h5-11H,12H2,1-4H3. The molecule has 2 rings (SSSR count). The number of hydrogen-bond acceptors (Lipinski definition) is 3. The molecule has 0 unspecified atom stereocenters. The Labute approximate surface area is 136 Å². The molecule has 0 spiro atoms. The van der Waals surface area contributed by atoms with Crippen molar-refractivity contribution in [2.75, 3.05) is 33.2 Å². The molecule has 0 atom stereocenters. The van der Waals surface area contributed by atoms with E-state index in [0.717, 1.165) is 5.69 Å². The molecule has 1 amide bonds. The van der Waals surface area contributed by atoms with E-state index in [-0.39, 0.29) is 11.7 Å². The van der Waals surface area contributed by atoms with Gasteiger partial charge in [0.05, 0.1) is 7.11 Å². The SMILES string of the molecule is COc1ccc(CN(C)C(=O)c2cccc(N(C)C)c2)cc1F. The molecule has 0 saturated carbocycles. The second kappa shape index (κ2) is 7.13. The van der Waals surface area contributed by atoms with Crippen LogP contribution < -0.4 is 9.64 Å². The summed E-state index contributed by atoms with van der Waals surface area (Å²) >= 11 is 0. The van der Waals surface area contributed by atoms with Crippen LogP contribution >= 0.6 is 0 Å². The molecule has 0 N–H and O–H groups in total. The third-order valence-electron chi connectivity index (χ3n) is 3.59. The van der Waals surface area contributed by atoms with Gasteiger partial charge in [0.25, 0.3) is 5.91 Å². The minimum atomic E-state index is -0.430. The average Bonchev–Trinajstić information content (AvgIpc) is 2.54. The fourth-order valence-corrected chi connectivity index (χ4v) is 2.29. The third kappa shape index (κ3) is 4.00. The Morgan fingerprint density at radius 1 is 1.13 bits per heavy atom. The summed E-state index contributed by atoms with van der Waals surface area (Å²) in [4.78, 5) is 16.0. The highest BCUT2D eigenvalue weighted by Gasteiger charge is 2.14. The van der Waals surface area contributed by atoms with Gasteiger partial charge in [-0.1, -0.05) is 12.1 Å². The Bertz CT molecular complexity index is 701. The Hall–Kier alpha value is -2.56. The van der Waals surface area contributed by atoms with Gasteiger partial charge in [-0.25, -0.2) is 4.39 Å². The Balaban J connectivity index is 2.14. The van der Waals surface area contributed by atoms with Crippen molar-refractivity contribution in [3.63, 3.8) is 0 Å². The second-order valence-electron chi connectivity index (χ2n) is 5.57. The van der Waals surface area contributed by atoms with Crippen LogP contribution in [0.3, 0.4) is 0 Å². The first-order valence-corrected chi connectivity index (χ1v) is 7.27. The molecule has 23 heavy (non-hydrogen) atoms. The lowest BCUT2D eigenvalue weighted by molar-refractivity contribution is 0.0785. The molecule has 0 radical (unpaired) electrons. The summed E-state index contributed by atoms with van der Waals surface area (Å²) in [6.45, 7) is 0.325. The summed E-state index contributed by atoms with van der Waals surface area (Å²) in [7, 11) is 6.97. The van der Waals surface area contributed by atoms with Crippen molar-refractivity contribution in [3.05, 3.63) is 59.4 Å². The first kappa shape index (κ1) is 16.8. The highest BCUT2D eigenvalue weighted by atomic mass is 19.1. The maximum absolute atomic E-state index is 13.7.